The highest BCUT2D eigenvalue weighted by atomic mass is 32.2. The zero-order chi connectivity index (χ0) is 18.2. The Bertz CT molecular complexity index is 820. The first-order chi connectivity index (χ1) is 11.7. The molecule has 25 heavy (non-hydrogen) atoms. The van der Waals surface area contributed by atoms with Gasteiger partial charge in [-0.3, -0.25) is 15.0 Å². The minimum absolute atomic E-state index is 0.0119. The minimum Gasteiger partial charge on any atom is -0.291 e. The molecule has 2 aliphatic heterocycles. The van der Waals surface area contributed by atoms with Crippen molar-refractivity contribution in [2.24, 2.45) is 0 Å². The molecule has 1 aromatic rings. The molecule has 0 bridgehead atoms. The fourth-order valence-corrected chi connectivity index (χ4v) is 7.05. The number of hydrogen-bond acceptors (Lipinski definition) is 7. The van der Waals surface area contributed by atoms with Gasteiger partial charge in [-0.1, -0.05) is 12.1 Å². The molecule has 2 aliphatic rings. The van der Waals surface area contributed by atoms with Crippen molar-refractivity contribution in [1.82, 2.24) is 4.90 Å². The molecule has 3 rings (SSSR count). The molecule has 0 N–H and O–H groups in total. The number of benzene rings is 1. The molecular formula is C15H20N2O6S2. The molecule has 0 radical (unpaired) electrons. The second kappa shape index (κ2) is 6.65. The number of hydrogen-bond donors (Lipinski definition) is 0. The topological polar surface area (TPSA) is 115 Å². The van der Waals surface area contributed by atoms with Crippen LogP contribution in [0.15, 0.2) is 24.3 Å². The van der Waals surface area contributed by atoms with Gasteiger partial charge in [0.25, 0.3) is 5.69 Å². The van der Waals surface area contributed by atoms with Gasteiger partial charge in [-0.2, -0.15) is 0 Å². The van der Waals surface area contributed by atoms with Crippen LogP contribution >= 0.6 is 0 Å². The Morgan fingerprint density at radius 3 is 1.80 bits per heavy atom. The van der Waals surface area contributed by atoms with Crippen LogP contribution < -0.4 is 0 Å². The molecule has 2 heterocycles. The summed E-state index contributed by atoms with van der Waals surface area (Å²) in [6, 6.07) is 5.67. The fraction of sp³-hybridized carbons (Fsp3) is 0.600. The van der Waals surface area contributed by atoms with Gasteiger partial charge < -0.3 is 0 Å². The van der Waals surface area contributed by atoms with Crippen LogP contribution in [0.25, 0.3) is 0 Å². The van der Waals surface area contributed by atoms with Crippen molar-refractivity contribution >= 4 is 25.4 Å². The minimum atomic E-state index is -3.09. The van der Waals surface area contributed by atoms with Crippen LogP contribution in [-0.2, 0) is 26.2 Å². The molecule has 2 atom stereocenters. The predicted octanol–water partition coefficient (Wildman–Crippen LogP) is 0.771. The summed E-state index contributed by atoms with van der Waals surface area (Å²) < 4.78 is 47.4. The van der Waals surface area contributed by atoms with E-state index in [2.05, 4.69) is 0 Å². The number of nitro benzene ring substituents is 1. The Labute approximate surface area is 146 Å². The average Bonchev–Trinajstić information content (AvgIpc) is 3.07. The van der Waals surface area contributed by atoms with Gasteiger partial charge in [-0.15, -0.1) is 0 Å². The highest BCUT2D eigenvalue weighted by molar-refractivity contribution is 7.92. The van der Waals surface area contributed by atoms with E-state index in [1.54, 1.807) is 12.1 Å². The number of non-ortho nitro benzene ring substituents is 1. The van der Waals surface area contributed by atoms with E-state index in [0.29, 0.717) is 19.4 Å². The van der Waals surface area contributed by atoms with E-state index in [0.717, 1.165) is 5.56 Å². The van der Waals surface area contributed by atoms with E-state index in [4.69, 9.17) is 0 Å². The summed E-state index contributed by atoms with van der Waals surface area (Å²) in [6.45, 7) is 0.387. The van der Waals surface area contributed by atoms with E-state index in [9.17, 15) is 26.9 Å². The lowest BCUT2D eigenvalue weighted by Crippen LogP contribution is -2.44. The van der Waals surface area contributed by atoms with Crippen LogP contribution in [-0.4, -0.2) is 61.8 Å². The Hall–Kier alpha value is -1.52. The Morgan fingerprint density at radius 1 is 0.960 bits per heavy atom. The highest BCUT2D eigenvalue weighted by Crippen LogP contribution is 2.28. The molecule has 10 heteroatoms. The lowest BCUT2D eigenvalue weighted by atomic mass is 10.1. The van der Waals surface area contributed by atoms with Gasteiger partial charge in [0.1, 0.15) is 0 Å². The summed E-state index contributed by atoms with van der Waals surface area (Å²) in [7, 11) is -6.18. The van der Waals surface area contributed by atoms with Crippen molar-refractivity contribution in [2.75, 3.05) is 23.0 Å². The van der Waals surface area contributed by atoms with E-state index in [-0.39, 0.29) is 40.8 Å². The number of rotatable bonds is 5. The highest BCUT2D eigenvalue weighted by Gasteiger charge is 2.39. The van der Waals surface area contributed by atoms with Crippen LogP contribution in [0.5, 0.6) is 0 Å². The molecule has 0 saturated carbocycles. The Balaban J connectivity index is 1.82. The van der Waals surface area contributed by atoms with Crippen LogP contribution in [0.1, 0.15) is 18.4 Å². The van der Waals surface area contributed by atoms with Crippen molar-refractivity contribution in [1.29, 1.82) is 0 Å². The zero-order valence-electron chi connectivity index (χ0n) is 13.6. The molecule has 0 aliphatic carbocycles. The van der Waals surface area contributed by atoms with Gasteiger partial charge in [0.15, 0.2) is 19.7 Å². The Morgan fingerprint density at radius 2 is 1.44 bits per heavy atom. The first kappa shape index (κ1) is 18.3. The van der Waals surface area contributed by atoms with Crippen molar-refractivity contribution in [3.8, 4) is 0 Å². The van der Waals surface area contributed by atoms with Gasteiger partial charge in [0.05, 0.1) is 27.9 Å². The van der Waals surface area contributed by atoms with E-state index in [1.807, 2.05) is 4.90 Å². The SMILES string of the molecule is O=[N+]([O-])c1ccc(CN([C@@H]2CCS(=O)(=O)C2)[C@@H]2CCS(=O)(=O)C2)cc1. The third-order valence-electron chi connectivity index (χ3n) is 4.87. The molecule has 8 nitrogen and oxygen atoms in total. The third-order valence-corrected chi connectivity index (χ3v) is 8.37. The number of nitro groups is 1. The number of nitrogens with zero attached hydrogens (tertiary/aromatic N) is 2. The molecule has 0 amide bonds. The van der Waals surface area contributed by atoms with Crippen molar-refractivity contribution < 1.29 is 21.8 Å². The molecule has 2 fully saturated rings. The quantitative estimate of drug-likeness (QED) is 0.540. The molecular weight excluding hydrogens is 368 g/mol. The largest absolute Gasteiger partial charge is 0.291 e. The summed E-state index contributed by atoms with van der Waals surface area (Å²) in [6.07, 6.45) is 0.984. The standard InChI is InChI=1S/C15H20N2O6S2/c18-17(19)13-3-1-12(2-4-13)9-16(14-5-7-24(20,21)10-14)15-6-8-25(22,23)11-15/h1-4,14-15H,5-11H2/t14-,15-/m1/s1. The van der Waals surface area contributed by atoms with Gasteiger partial charge in [-0.25, -0.2) is 16.8 Å². The summed E-state index contributed by atoms with van der Waals surface area (Å²) in [5.41, 5.74) is 0.793. The molecule has 0 aromatic heterocycles. The van der Waals surface area contributed by atoms with Crippen LogP contribution in [0.3, 0.4) is 0 Å². The smallest absolute Gasteiger partial charge is 0.269 e. The fourth-order valence-electron chi connectivity index (χ4n) is 3.56. The maximum Gasteiger partial charge on any atom is 0.269 e. The van der Waals surface area contributed by atoms with Crippen molar-refractivity contribution in [2.45, 2.75) is 31.5 Å². The average molecular weight is 388 g/mol. The molecule has 1 aromatic carbocycles. The molecule has 0 spiro atoms. The van der Waals surface area contributed by atoms with E-state index < -0.39 is 24.6 Å². The molecule has 138 valence electrons. The molecule has 2 saturated heterocycles. The maximum absolute atomic E-state index is 11.8. The second-order valence-electron chi connectivity index (χ2n) is 6.71. The van der Waals surface area contributed by atoms with E-state index >= 15 is 0 Å². The van der Waals surface area contributed by atoms with Crippen LogP contribution in [0.2, 0.25) is 0 Å². The van der Waals surface area contributed by atoms with Gasteiger partial charge in [-0.05, 0) is 18.4 Å². The monoisotopic (exact) mass is 388 g/mol. The zero-order valence-corrected chi connectivity index (χ0v) is 15.2. The predicted molar refractivity (Wildman–Crippen MR) is 92.8 cm³/mol. The summed E-state index contributed by atoms with van der Waals surface area (Å²) in [5.74, 6) is 0.314. The summed E-state index contributed by atoms with van der Waals surface area (Å²) in [4.78, 5) is 12.2. The lowest BCUT2D eigenvalue weighted by molar-refractivity contribution is -0.384. The summed E-state index contributed by atoms with van der Waals surface area (Å²) in [5, 5.41) is 10.8. The second-order valence-corrected chi connectivity index (χ2v) is 11.2. The number of sulfone groups is 2. The van der Waals surface area contributed by atoms with Gasteiger partial charge in [0, 0.05) is 30.8 Å². The maximum atomic E-state index is 11.8. The van der Waals surface area contributed by atoms with Gasteiger partial charge in [0.2, 0.25) is 0 Å². The van der Waals surface area contributed by atoms with Crippen molar-refractivity contribution in [3.05, 3.63) is 39.9 Å². The first-order valence-corrected chi connectivity index (χ1v) is 11.7. The van der Waals surface area contributed by atoms with Crippen LogP contribution in [0, 0.1) is 10.1 Å². The van der Waals surface area contributed by atoms with Crippen molar-refractivity contribution in [3.63, 3.8) is 0 Å². The third kappa shape index (κ3) is 4.36. The van der Waals surface area contributed by atoms with Crippen LogP contribution in [0.4, 0.5) is 5.69 Å². The van der Waals surface area contributed by atoms with E-state index in [1.165, 1.54) is 12.1 Å². The Kier molecular flexibility index (Phi) is 4.86. The normalized spacial score (nSPS) is 27.6. The molecule has 0 unspecified atom stereocenters. The van der Waals surface area contributed by atoms with Gasteiger partial charge >= 0.3 is 0 Å². The summed E-state index contributed by atoms with van der Waals surface area (Å²) >= 11 is 0. The lowest BCUT2D eigenvalue weighted by Gasteiger charge is -2.33. The first-order valence-electron chi connectivity index (χ1n) is 8.05.